The topological polar surface area (TPSA) is 17.1 Å². The Kier molecular flexibility index (Phi) is 7.75. The molecule has 1 aromatic carbocycles. The number of hydrogen-bond donors (Lipinski definition) is 0. The van der Waals surface area contributed by atoms with E-state index in [1.807, 2.05) is 24.3 Å². The quantitative estimate of drug-likeness (QED) is 0.349. The maximum atomic E-state index is 11.4. The Morgan fingerprint density at radius 2 is 1.61 bits per heavy atom. The highest BCUT2D eigenvalue weighted by molar-refractivity contribution is 6.30. The molecule has 0 heterocycles. The SMILES string of the molecule is CCCCCCCCc1ccc(C(=O)CCl)cc1. The van der Waals surface area contributed by atoms with E-state index in [1.165, 1.54) is 44.1 Å². The van der Waals surface area contributed by atoms with Crippen molar-refractivity contribution in [2.75, 3.05) is 5.88 Å². The molecule has 0 aliphatic carbocycles. The zero-order valence-electron chi connectivity index (χ0n) is 11.3. The van der Waals surface area contributed by atoms with Crippen molar-refractivity contribution in [3.63, 3.8) is 0 Å². The van der Waals surface area contributed by atoms with Crippen molar-refractivity contribution in [2.45, 2.75) is 51.9 Å². The van der Waals surface area contributed by atoms with Gasteiger partial charge in [-0.25, -0.2) is 0 Å². The van der Waals surface area contributed by atoms with Gasteiger partial charge in [0.2, 0.25) is 0 Å². The average molecular weight is 267 g/mol. The molecule has 0 fully saturated rings. The summed E-state index contributed by atoms with van der Waals surface area (Å²) in [6.07, 6.45) is 9.03. The average Bonchev–Trinajstić information content (AvgIpc) is 2.42. The van der Waals surface area contributed by atoms with Crippen LogP contribution in [0.5, 0.6) is 0 Å². The van der Waals surface area contributed by atoms with Crippen LogP contribution in [0.2, 0.25) is 0 Å². The van der Waals surface area contributed by atoms with Gasteiger partial charge in [-0.05, 0) is 18.4 Å². The Morgan fingerprint density at radius 3 is 2.22 bits per heavy atom. The van der Waals surface area contributed by atoms with Gasteiger partial charge in [0, 0.05) is 5.56 Å². The van der Waals surface area contributed by atoms with Gasteiger partial charge in [-0.15, -0.1) is 11.6 Å². The van der Waals surface area contributed by atoms with Gasteiger partial charge in [0.25, 0.3) is 0 Å². The lowest BCUT2D eigenvalue weighted by atomic mass is 10.0. The first-order chi connectivity index (χ1) is 8.77. The van der Waals surface area contributed by atoms with Gasteiger partial charge in [0.15, 0.2) is 5.78 Å². The third-order valence-corrected chi connectivity index (χ3v) is 3.46. The van der Waals surface area contributed by atoms with Crippen LogP contribution in [-0.2, 0) is 6.42 Å². The second-order valence-corrected chi connectivity index (χ2v) is 5.04. The smallest absolute Gasteiger partial charge is 0.177 e. The maximum absolute atomic E-state index is 11.4. The lowest BCUT2D eigenvalue weighted by Crippen LogP contribution is -2.00. The van der Waals surface area contributed by atoms with Crippen LogP contribution in [0.15, 0.2) is 24.3 Å². The summed E-state index contributed by atoms with van der Waals surface area (Å²) >= 11 is 5.52. The van der Waals surface area contributed by atoms with Crippen LogP contribution in [0.25, 0.3) is 0 Å². The minimum atomic E-state index is 0.00258. The van der Waals surface area contributed by atoms with Crippen molar-refractivity contribution >= 4 is 17.4 Å². The van der Waals surface area contributed by atoms with Gasteiger partial charge in [-0.1, -0.05) is 63.3 Å². The van der Waals surface area contributed by atoms with Crippen molar-refractivity contribution in [1.82, 2.24) is 0 Å². The van der Waals surface area contributed by atoms with E-state index < -0.39 is 0 Å². The zero-order chi connectivity index (χ0) is 13.2. The monoisotopic (exact) mass is 266 g/mol. The maximum Gasteiger partial charge on any atom is 0.177 e. The molecule has 100 valence electrons. The van der Waals surface area contributed by atoms with Gasteiger partial charge in [0.05, 0.1) is 5.88 Å². The molecule has 0 N–H and O–H groups in total. The van der Waals surface area contributed by atoms with Crippen LogP contribution in [0.3, 0.4) is 0 Å². The van der Waals surface area contributed by atoms with E-state index in [4.69, 9.17) is 11.6 Å². The first-order valence-corrected chi connectivity index (χ1v) is 7.49. The number of carbonyl (C=O) groups excluding carboxylic acids is 1. The number of alkyl halides is 1. The molecule has 0 saturated heterocycles. The van der Waals surface area contributed by atoms with E-state index in [0.29, 0.717) is 0 Å². The fraction of sp³-hybridized carbons (Fsp3) is 0.562. The fourth-order valence-corrected chi connectivity index (χ4v) is 2.20. The number of halogens is 1. The molecule has 1 nitrogen and oxygen atoms in total. The molecule has 0 saturated carbocycles. The summed E-state index contributed by atoms with van der Waals surface area (Å²) in [7, 11) is 0. The number of ketones is 1. The van der Waals surface area contributed by atoms with Crippen LogP contribution >= 0.6 is 11.6 Å². The fourth-order valence-electron chi connectivity index (χ4n) is 2.04. The van der Waals surface area contributed by atoms with E-state index in [2.05, 4.69) is 6.92 Å². The molecule has 1 rings (SSSR count). The standard InChI is InChI=1S/C16H23ClO/c1-2-3-4-5-6-7-8-14-9-11-15(12-10-14)16(18)13-17/h9-12H,2-8,13H2,1H3. The third-order valence-electron chi connectivity index (χ3n) is 3.22. The molecule has 0 bridgehead atoms. The molecule has 0 atom stereocenters. The second-order valence-electron chi connectivity index (χ2n) is 4.77. The van der Waals surface area contributed by atoms with Crippen molar-refractivity contribution < 1.29 is 4.79 Å². The Labute approximate surface area is 116 Å². The van der Waals surface area contributed by atoms with Gasteiger partial charge in [0.1, 0.15) is 0 Å². The molecule has 2 heteroatoms. The lowest BCUT2D eigenvalue weighted by Gasteiger charge is -2.03. The lowest BCUT2D eigenvalue weighted by molar-refractivity contribution is 0.102. The summed E-state index contributed by atoms with van der Waals surface area (Å²) in [5, 5.41) is 0. The third kappa shape index (κ3) is 5.68. The van der Waals surface area contributed by atoms with E-state index in [0.717, 1.165) is 12.0 Å². The minimum absolute atomic E-state index is 0.00258. The number of Topliss-reactive ketones (excluding diaryl/α,β-unsaturated/α-hetero) is 1. The minimum Gasteiger partial charge on any atom is -0.293 e. The largest absolute Gasteiger partial charge is 0.293 e. The van der Waals surface area contributed by atoms with E-state index in [-0.39, 0.29) is 11.7 Å². The van der Waals surface area contributed by atoms with E-state index >= 15 is 0 Å². The predicted octanol–water partition coefficient (Wildman–Crippen LogP) is 5.01. The predicted molar refractivity (Wildman–Crippen MR) is 78.6 cm³/mol. The van der Waals surface area contributed by atoms with Crippen molar-refractivity contribution in [1.29, 1.82) is 0 Å². The molecule has 0 aliphatic rings. The molecule has 0 aromatic heterocycles. The molecule has 0 unspecified atom stereocenters. The Hall–Kier alpha value is -0.820. The molecule has 0 radical (unpaired) electrons. The summed E-state index contributed by atoms with van der Waals surface area (Å²) in [6, 6.07) is 7.87. The Balaban J connectivity index is 2.25. The Bertz CT molecular complexity index is 343. The summed E-state index contributed by atoms with van der Waals surface area (Å²) in [6.45, 7) is 2.24. The van der Waals surface area contributed by atoms with Crippen molar-refractivity contribution in [3.05, 3.63) is 35.4 Å². The van der Waals surface area contributed by atoms with Crippen LogP contribution in [0.1, 0.15) is 61.4 Å². The highest BCUT2D eigenvalue weighted by atomic mass is 35.5. The van der Waals surface area contributed by atoms with Gasteiger partial charge >= 0.3 is 0 Å². The van der Waals surface area contributed by atoms with Crippen molar-refractivity contribution in [3.8, 4) is 0 Å². The summed E-state index contributed by atoms with van der Waals surface area (Å²) in [5.74, 6) is 0.0688. The van der Waals surface area contributed by atoms with Crippen LogP contribution in [0, 0.1) is 0 Å². The molecule has 0 spiro atoms. The summed E-state index contributed by atoms with van der Waals surface area (Å²) < 4.78 is 0. The highest BCUT2D eigenvalue weighted by Crippen LogP contribution is 2.11. The summed E-state index contributed by atoms with van der Waals surface area (Å²) in [4.78, 5) is 11.4. The first-order valence-electron chi connectivity index (χ1n) is 6.96. The van der Waals surface area contributed by atoms with Crippen molar-refractivity contribution in [2.24, 2.45) is 0 Å². The summed E-state index contributed by atoms with van der Waals surface area (Å²) in [5.41, 5.74) is 2.04. The number of aryl methyl sites for hydroxylation is 1. The molecular formula is C16H23ClO. The van der Waals surface area contributed by atoms with Gasteiger partial charge < -0.3 is 0 Å². The van der Waals surface area contributed by atoms with Crippen LogP contribution in [-0.4, -0.2) is 11.7 Å². The number of unbranched alkanes of at least 4 members (excludes halogenated alkanes) is 5. The molecule has 0 aliphatic heterocycles. The number of benzene rings is 1. The van der Waals surface area contributed by atoms with Crippen LogP contribution in [0.4, 0.5) is 0 Å². The number of hydrogen-bond acceptors (Lipinski definition) is 1. The zero-order valence-corrected chi connectivity index (χ0v) is 12.0. The Morgan fingerprint density at radius 1 is 1.00 bits per heavy atom. The van der Waals surface area contributed by atoms with Gasteiger partial charge in [-0.2, -0.15) is 0 Å². The van der Waals surface area contributed by atoms with E-state index in [1.54, 1.807) is 0 Å². The molecule has 18 heavy (non-hydrogen) atoms. The molecule has 1 aromatic rings. The van der Waals surface area contributed by atoms with Gasteiger partial charge in [-0.3, -0.25) is 4.79 Å². The molecule has 0 amide bonds. The van der Waals surface area contributed by atoms with E-state index in [9.17, 15) is 4.79 Å². The number of carbonyl (C=O) groups is 1. The van der Waals surface area contributed by atoms with Crippen LogP contribution < -0.4 is 0 Å². The normalized spacial score (nSPS) is 10.6. The number of rotatable bonds is 9. The first kappa shape index (κ1) is 15.2. The highest BCUT2D eigenvalue weighted by Gasteiger charge is 2.03. The molecular weight excluding hydrogens is 244 g/mol. The second kappa shape index (κ2) is 9.16.